The zero-order valence-corrected chi connectivity index (χ0v) is 31.7. The number of benzene rings is 1. The van der Waals surface area contributed by atoms with Crippen molar-refractivity contribution in [2.45, 2.75) is 108 Å². The third-order valence-electron chi connectivity index (χ3n) is 9.75. The Hall–Kier alpha value is -5.76. The van der Waals surface area contributed by atoms with Crippen LogP contribution in [0.2, 0.25) is 0 Å². The summed E-state index contributed by atoms with van der Waals surface area (Å²) in [6, 6.07) is -1.18. The van der Waals surface area contributed by atoms with Gasteiger partial charge in [-0.15, -0.1) is 0 Å². The zero-order chi connectivity index (χ0) is 41.7. The number of H-pyrrole nitrogens is 1. The minimum absolute atomic E-state index is 0.0293. The van der Waals surface area contributed by atoms with E-state index in [-0.39, 0.29) is 50.7 Å². The highest BCUT2D eigenvalue weighted by molar-refractivity contribution is 5.98. The highest BCUT2D eigenvalue weighted by Crippen LogP contribution is 2.21. The monoisotopic (exact) mass is 786 g/mol. The number of nitrogens with two attached hydrogens (primary N) is 3. The lowest BCUT2D eigenvalue weighted by Crippen LogP contribution is -2.61. The first kappa shape index (κ1) is 44.6. The van der Waals surface area contributed by atoms with Crippen molar-refractivity contribution in [3.63, 3.8) is 0 Å². The first-order valence-electron chi connectivity index (χ1n) is 18.5. The number of hydrogen-bond acceptors (Lipinski definition) is 10. The molecule has 0 bridgehead atoms. The van der Waals surface area contributed by atoms with Crippen LogP contribution in [0.15, 0.2) is 35.5 Å². The molecule has 0 saturated carbocycles. The van der Waals surface area contributed by atoms with Gasteiger partial charge >= 0.3 is 11.9 Å². The van der Waals surface area contributed by atoms with Gasteiger partial charge in [0.05, 0.1) is 18.6 Å². The van der Waals surface area contributed by atoms with Crippen molar-refractivity contribution in [3.05, 3.63) is 36.0 Å². The van der Waals surface area contributed by atoms with Crippen LogP contribution in [-0.2, 0) is 40.0 Å². The lowest BCUT2D eigenvalue weighted by molar-refractivity contribution is -0.151. The predicted molar refractivity (Wildman–Crippen MR) is 203 cm³/mol. The number of fused-ring (bicyclic) bond motifs is 1. The summed E-state index contributed by atoms with van der Waals surface area (Å²) in [6.07, 6.45) is 0.341. The molecular formula is C36H54N10O10. The number of likely N-dealkylation sites (tertiary alicyclic amines) is 1. The van der Waals surface area contributed by atoms with Gasteiger partial charge < -0.3 is 63.7 Å². The van der Waals surface area contributed by atoms with Crippen molar-refractivity contribution in [2.75, 3.05) is 13.1 Å². The Kier molecular flexibility index (Phi) is 16.6. The number of nitrogens with zero attached hydrogens (tertiary/aromatic N) is 2. The fraction of sp³-hybridized carbons (Fsp3) is 0.556. The Morgan fingerprint density at radius 1 is 0.929 bits per heavy atom. The normalized spacial score (nSPS) is 17.7. The number of carboxylic acid groups (broad SMARTS) is 2. The second kappa shape index (κ2) is 20.8. The molecule has 1 saturated heterocycles. The maximum absolute atomic E-state index is 14.1. The quantitative estimate of drug-likeness (QED) is 0.0371. The Bertz CT molecular complexity index is 1760. The number of guanidine groups is 1. The smallest absolute Gasteiger partial charge is 0.326 e. The van der Waals surface area contributed by atoms with Crippen LogP contribution in [0.3, 0.4) is 0 Å². The van der Waals surface area contributed by atoms with E-state index in [9.17, 15) is 48.9 Å². The molecule has 0 radical (unpaired) electrons. The van der Waals surface area contributed by atoms with Gasteiger partial charge in [0.1, 0.15) is 30.2 Å². The molecule has 14 N–H and O–H groups in total. The number of aromatic amines is 1. The van der Waals surface area contributed by atoms with E-state index in [1.54, 1.807) is 37.4 Å². The van der Waals surface area contributed by atoms with Gasteiger partial charge in [-0.1, -0.05) is 38.5 Å². The standard InChI is InChI=1S/C36H54N10O10/c1-4-18(2)28(37)33(53)42-23(11-7-13-40-36(38)39)30(50)43-24(15-20-17-41-22-10-6-5-9-21(20)22)31(51)44-25(16-27(48)49)32(52)45-29(19(3)47)34(54)46-14-8-12-26(46)35(55)56/h5-6,9-10,17-19,23-26,28-29,41,47H,4,7-8,11-16,37H2,1-3H3,(H,42,53)(H,43,50)(H,44,51)(H,45,52)(H,48,49)(H,55,56)(H4,38,39,40)/t18-,19+,23-,24-,25-,26-,28-,29-/m0/s1. The van der Waals surface area contributed by atoms with E-state index in [2.05, 4.69) is 31.2 Å². The number of amides is 5. The van der Waals surface area contributed by atoms with Gasteiger partial charge in [-0.05, 0) is 50.2 Å². The summed E-state index contributed by atoms with van der Waals surface area (Å²) in [7, 11) is 0. The molecule has 8 atom stereocenters. The first-order chi connectivity index (χ1) is 26.4. The molecule has 0 spiro atoms. The number of aliphatic hydroxyl groups is 1. The Balaban J connectivity index is 1.93. The molecule has 2 aromatic rings. The van der Waals surface area contributed by atoms with Gasteiger partial charge in [0.15, 0.2) is 5.96 Å². The number of aromatic nitrogens is 1. The topological polar surface area (TPSA) is 338 Å². The Labute approximate surface area is 323 Å². The molecule has 1 fully saturated rings. The van der Waals surface area contributed by atoms with E-state index in [4.69, 9.17) is 17.2 Å². The molecule has 2 heterocycles. The van der Waals surface area contributed by atoms with Crippen molar-refractivity contribution in [2.24, 2.45) is 28.1 Å². The molecule has 1 aromatic heterocycles. The highest BCUT2D eigenvalue weighted by atomic mass is 16.4. The molecule has 0 aliphatic carbocycles. The summed E-state index contributed by atoms with van der Waals surface area (Å²) in [5.41, 5.74) is 18.3. The third-order valence-corrected chi connectivity index (χ3v) is 9.75. The molecule has 1 aromatic carbocycles. The van der Waals surface area contributed by atoms with Crippen LogP contribution < -0.4 is 38.5 Å². The number of hydrogen-bond donors (Lipinski definition) is 11. The number of rotatable bonds is 21. The molecular weight excluding hydrogens is 732 g/mol. The van der Waals surface area contributed by atoms with Crippen molar-refractivity contribution in [1.82, 2.24) is 31.2 Å². The van der Waals surface area contributed by atoms with Crippen LogP contribution in [0.5, 0.6) is 0 Å². The van der Waals surface area contributed by atoms with E-state index in [1.807, 2.05) is 6.92 Å². The van der Waals surface area contributed by atoms with Crippen molar-refractivity contribution >= 4 is 58.3 Å². The number of carboxylic acids is 2. The Morgan fingerprint density at radius 2 is 1.55 bits per heavy atom. The molecule has 0 unspecified atom stereocenters. The molecule has 5 amide bonds. The number of carbonyl (C=O) groups is 7. The van der Waals surface area contributed by atoms with Crippen molar-refractivity contribution in [3.8, 4) is 0 Å². The van der Waals surface area contributed by atoms with Gasteiger partial charge in [0, 0.05) is 36.6 Å². The lowest BCUT2D eigenvalue weighted by Gasteiger charge is -2.30. The van der Waals surface area contributed by atoms with Crippen molar-refractivity contribution in [1.29, 1.82) is 0 Å². The van der Waals surface area contributed by atoms with Gasteiger partial charge in [0.25, 0.3) is 0 Å². The SMILES string of the molecule is CC[C@H](C)[C@H](N)C(=O)N[C@@H](CCCN=C(N)N)C(=O)N[C@@H](Cc1c[nH]c2ccccc12)C(=O)N[C@@H](CC(=O)O)C(=O)N[C@H](C(=O)N1CCC[C@H]1C(=O)O)[C@@H](C)O. The fourth-order valence-electron chi connectivity index (χ4n) is 6.32. The summed E-state index contributed by atoms with van der Waals surface area (Å²) in [6.45, 7) is 5.00. The van der Waals surface area contributed by atoms with E-state index < -0.39 is 90.3 Å². The molecule has 20 heteroatoms. The summed E-state index contributed by atoms with van der Waals surface area (Å²) in [5, 5.41) is 40.4. The minimum atomic E-state index is -1.83. The average molecular weight is 787 g/mol. The summed E-state index contributed by atoms with van der Waals surface area (Å²) < 4.78 is 0. The molecule has 1 aliphatic heterocycles. The Morgan fingerprint density at radius 3 is 2.18 bits per heavy atom. The molecule has 1 aliphatic rings. The second-order valence-electron chi connectivity index (χ2n) is 14.0. The average Bonchev–Trinajstić information content (AvgIpc) is 3.81. The van der Waals surface area contributed by atoms with Crippen LogP contribution >= 0.6 is 0 Å². The van der Waals surface area contributed by atoms with Gasteiger partial charge in [-0.3, -0.25) is 33.8 Å². The summed E-state index contributed by atoms with van der Waals surface area (Å²) in [5.74, 6) is -7.62. The summed E-state index contributed by atoms with van der Waals surface area (Å²) in [4.78, 5) is 99.8. The number of para-hydroxylation sites is 1. The summed E-state index contributed by atoms with van der Waals surface area (Å²) >= 11 is 0. The first-order valence-corrected chi connectivity index (χ1v) is 18.5. The number of aliphatic carboxylic acids is 2. The lowest BCUT2D eigenvalue weighted by atomic mass is 9.98. The van der Waals surface area contributed by atoms with Crippen LogP contribution in [0.1, 0.15) is 64.9 Å². The second-order valence-corrected chi connectivity index (χ2v) is 14.0. The third kappa shape index (κ3) is 12.4. The zero-order valence-electron chi connectivity index (χ0n) is 31.7. The van der Waals surface area contributed by atoms with Crippen LogP contribution in [-0.4, -0.2) is 128 Å². The highest BCUT2D eigenvalue weighted by Gasteiger charge is 2.40. The van der Waals surface area contributed by atoms with E-state index in [0.717, 1.165) is 10.4 Å². The molecule has 56 heavy (non-hydrogen) atoms. The number of aliphatic hydroxyl groups excluding tert-OH is 1. The van der Waals surface area contributed by atoms with E-state index in [1.165, 1.54) is 6.92 Å². The molecule has 3 rings (SSSR count). The van der Waals surface area contributed by atoms with Crippen LogP contribution in [0, 0.1) is 5.92 Å². The molecule has 308 valence electrons. The van der Waals surface area contributed by atoms with Gasteiger partial charge in [-0.2, -0.15) is 0 Å². The van der Waals surface area contributed by atoms with Crippen LogP contribution in [0.4, 0.5) is 0 Å². The van der Waals surface area contributed by atoms with Gasteiger partial charge in [-0.25, -0.2) is 4.79 Å². The maximum atomic E-state index is 14.1. The van der Waals surface area contributed by atoms with Gasteiger partial charge in [0.2, 0.25) is 29.5 Å². The van der Waals surface area contributed by atoms with E-state index >= 15 is 0 Å². The number of carbonyl (C=O) groups excluding carboxylic acids is 5. The maximum Gasteiger partial charge on any atom is 0.326 e. The van der Waals surface area contributed by atoms with E-state index in [0.29, 0.717) is 23.8 Å². The van der Waals surface area contributed by atoms with Crippen molar-refractivity contribution < 1.29 is 48.9 Å². The largest absolute Gasteiger partial charge is 0.481 e. The van der Waals surface area contributed by atoms with Crippen LogP contribution in [0.25, 0.3) is 10.9 Å². The molecule has 20 nitrogen and oxygen atoms in total. The minimum Gasteiger partial charge on any atom is -0.481 e. The number of nitrogens with one attached hydrogen (secondary N) is 5. The fourth-order valence-corrected chi connectivity index (χ4v) is 6.32. The number of aliphatic imine (C=N–C) groups is 1. The predicted octanol–water partition coefficient (Wildman–Crippen LogP) is -1.99.